The van der Waals surface area contributed by atoms with Crippen molar-refractivity contribution in [3.8, 4) is 6.07 Å². The lowest BCUT2D eigenvalue weighted by atomic mass is 10.1. The Hall–Kier alpha value is -3.27. The number of hydrogen-bond acceptors (Lipinski definition) is 4. The summed E-state index contributed by atoms with van der Waals surface area (Å²) in [5, 5.41) is 8.63. The van der Waals surface area contributed by atoms with E-state index in [-0.39, 0.29) is 12.0 Å². The zero-order valence-corrected chi connectivity index (χ0v) is 11.3. The molecule has 22 heavy (non-hydrogen) atoms. The molecule has 0 aliphatic carbocycles. The molecule has 6 nitrogen and oxygen atoms in total. The van der Waals surface area contributed by atoms with Gasteiger partial charge in [-0.15, -0.1) is 0 Å². The van der Waals surface area contributed by atoms with E-state index >= 15 is 0 Å². The number of carbonyl (C=O) groups is 2. The van der Waals surface area contributed by atoms with Crippen LogP contribution in [0.15, 0.2) is 42.6 Å². The standard InChI is InChI=1S/C15H11FN4O2/c16-13-5-4-12(9-18-13)15(22)20-19-14(21)11-3-1-2-10(8-11)6-7-17/h1-5,8-9H,6H2,(H,19,21)(H,20,22). The lowest BCUT2D eigenvalue weighted by Crippen LogP contribution is -2.41. The third-order valence-corrected chi connectivity index (χ3v) is 2.75. The number of aromatic nitrogens is 1. The highest BCUT2D eigenvalue weighted by Crippen LogP contribution is 2.05. The number of nitrogens with zero attached hydrogens (tertiary/aromatic N) is 2. The van der Waals surface area contributed by atoms with Crippen molar-refractivity contribution in [1.29, 1.82) is 5.26 Å². The molecule has 2 aromatic rings. The predicted octanol–water partition coefficient (Wildman–Crippen LogP) is 1.36. The van der Waals surface area contributed by atoms with Crippen LogP contribution in [0.3, 0.4) is 0 Å². The van der Waals surface area contributed by atoms with Crippen molar-refractivity contribution in [2.75, 3.05) is 0 Å². The van der Waals surface area contributed by atoms with Crippen LogP contribution in [-0.2, 0) is 6.42 Å². The van der Waals surface area contributed by atoms with Crippen LogP contribution in [-0.4, -0.2) is 16.8 Å². The van der Waals surface area contributed by atoms with E-state index in [9.17, 15) is 14.0 Å². The third-order valence-electron chi connectivity index (χ3n) is 2.75. The fourth-order valence-corrected chi connectivity index (χ4v) is 1.68. The average molecular weight is 298 g/mol. The van der Waals surface area contributed by atoms with Gasteiger partial charge < -0.3 is 0 Å². The topological polar surface area (TPSA) is 94.9 Å². The SMILES string of the molecule is N#CCc1cccc(C(=O)NNC(=O)c2ccc(F)nc2)c1. The van der Waals surface area contributed by atoms with Gasteiger partial charge in [-0.2, -0.15) is 9.65 Å². The summed E-state index contributed by atoms with van der Waals surface area (Å²) in [5.74, 6) is -1.84. The summed E-state index contributed by atoms with van der Waals surface area (Å²) < 4.78 is 12.7. The summed E-state index contributed by atoms with van der Waals surface area (Å²) in [7, 11) is 0. The van der Waals surface area contributed by atoms with Gasteiger partial charge in [-0.1, -0.05) is 12.1 Å². The summed E-state index contributed by atoms with van der Waals surface area (Å²) in [6.45, 7) is 0. The normalized spacial score (nSPS) is 9.64. The van der Waals surface area contributed by atoms with Crippen molar-refractivity contribution < 1.29 is 14.0 Å². The lowest BCUT2D eigenvalue weighted by Gasteiger charge is -2.07. The van der Waals surface area contributed by atoms with Gasteiger partial charge >= 0.3 is 0 Å². The van der Waals surface area contributed by atoms with Crippen molar-refractivity contribution in [3.63, 3.8) is 0 Å². The fourth-order valence-electron chi connectivity index (χ4n) is 1.68. The summed E-state index contributed by atoms with van der Waals surface area (Å²) >= 11 is 0. The maximum absolute atomic E-state index is 12.7. The number of carbonyl (C=O) groups excluding carboxylic acids is 2. The van der Waals surface area contributed by atoms with Crippen molar-refractivity contribution in [2.24, 2.45) is 0 Å². The minimum absolute atomic E-state index is 0.111. The molecule has 0 bridgehead atoms. The maximum Gasteiger partial charge on any atom is 0.271 e. The number of hydrogen-bond donors (Lipinski definition) is 2. The van der Waals surface area contributed by atoms with Gasteiger partial charge in [0.2, 0.25) is 5.95 Å². The summed E-state index contributed by atoms with van der Waals surface area (Å²) in [6.07, 6.45) is 1.25. The van der Waals surface area contributed by atoms with Gasteiger partial charge in [-0.05, 0) is 29.8 Å². The first-order valence-corrected chi connectivity index (χ1v) is 6.28. The van der Waals surface area contributed by atoms with Gasteiger partial charge in [0, 0.05) is 11.8 Å². The molecule has 0 atom stereocenters. The molecule has 1 aromatic carbocycles. The monoisotopic (exact) mass is 298 g/mol. The number of benzene rings is 1. The average Bonchev–Trinajstić information content (AvgIpc) is 2.53. The van der Waals surface area contributed by atoms with E-state index < -0.39 is 17.8 Å². The molecule has 0 spiro atoms. The Morgan fingerprint density at radius 1 is 1.14 bits per heavy atom. The largest absolute Gasteiger partial charge is 0.271 e. The van der Waals surface area contributed by atoms with Gasteiger partial charge in [0.15, 0.2) is 0 Å². The van der Waals surface area contributed by atoms with Crippen LogP contribution < -0.4 is 10.9 Å². The molecule has 1 heterocycles. The minimum atomic E-state index is -0.699. The quantitative estimate of drug-likeness (QED) is 0.660. The lowest BCUT2D eigenvalue weighted by molar-refractivity contribution is 0.0846. The molecular weight excluding hydrogens is 287 g/mol. The van der Waals surface area contributed by atoms with Crippen LogP contribution in [0.25, 0.3) is 0 Å². The Kier molecular flexibility index (Phi) is 4.78. The predicted molar refractivity (Wildman–Crippen MR) is 74.9 cm³/mol. The number of rotatable bonds is 3. The molecule has 0 saturated heterocycles. The Morgan fingerprint density at radius 2 is 1.86 bits per heavy atom. The van der Waals surface area contributed by atoms with Crippen molar-refractivity contribution in [1.82, 2.24) is 15.8 Å². The first-order valence-electron chi connectivity index (χ1n) is 6.28. The fraction of sp³-hybridized carbons (Fsp3) is 0.0667. The second kappa shape index (κ2) is 6.95. The number of nitriles is 1. The Bertz CT molecular complexity index is 738. The molecule has 1 aromatic heterocycles. The number of nitrogens with one attached hydrogen (secondary N) is 2. The van der Waals surface area contributed by atoms with Gasteiger partial charge in [-0.3, -0.25) is 20.4 Å². The van der Waals surface area contributed by atoms with Gasteiger partial charge in [-0.25, -0.2) is 4.98 Å². The van der Waals surface area contributed by atoms with Gasteiger partial charge in [0.1, 0.15) is 0 Å². The van der Waals surface area contributed by atoms with Crippen LogP contribution in [0, 0.1) is 17.3 Å². The van der Waals surface area contributed by atoms with Gasteiger partial charge in [0.05, 0.1) is 18.1 Å². The Balaban J connectivity index is 1.98. The third kappa shape index (κ3) is 3.86. The van der Waals surface area contributed by atoms with Gasteiger partial charge in [0.25, 0.3) is 11.8 Å². The Morgan fingerprint density at radius 3 is 2.50 bits per heavy atom. The number of halogens is 1. The highest BCUT2D eigenvalue weighted by molar-refractivity contribution is 5.98. The summed E-state index contributed by atoms with van der Waals surface area (Å²) in [6, 6.07) is 10.8. The van der Waals surface area contributed by atoms with E-state index in [0.29, 0.717) is 11.1 Å². The number of pyridine rings is 1. The number of hydrazine groups is 1. The molecule has 0 fully saturated rings. The second-order valence-electron chi connectivity index (χ2n) is 4.31. The molecule has 0 saturated carbocycles. The first kappa shape index (κ1) is 15.1. The van der Waals surface area contributed by atoms with E-state index in [0.717, 1.165) is 12.3 Å². The first-order chi connectivity index (χ1) is 10.6. The van der Waals surface area contributed by atoms with E-state index in [4.69, 9.17) is 5.26 Å². The molecule has 0 unspecified atom stereocenters. The molecule has 2 N–H and O–H groups in total. The van der Waals surface area contributed by atoms with Crippen molar-refractivity contribution in [2.45, 2.75) is 6.42 Å². The smallest absolute Gasteiger partial charge is 0.267 e. The van der Waals surface area contributed by atoms with Crippen LogP contribution in [0.1, 0.15) is 26.3 Å². The molecule has 0 aliphatic rings. The molecule has 0 aliphatic heterocycles. The Labute approximate surface area is 125 Å². The van der Waals surface area contributed by atoms with E-state index in [2.05, 4.69) is 15.8 Å². The van der Waals surface area contributed by atoms with Crippen molar-refractivity contribution >= 4 is 11.8 Å². The molecule has 110 valence electrons. The van der Waals surface area contributed by atoms with Crippen molar-refractivity contribution in [3.05, 3.63) is 65.2 Å². The van der Waals surface area contributed by atoms with Crippen LogP contribution >= 0.6 is 0 Å². The maximum atomic E-state index is 12.7. The molecule has 0 radical (unpaired) electrons. The highest BCUT2D eigenvalue weighted by atomic mass is 19.1. The van der Waals surface area contributed by atoms with Crippen LogP contribution in [0.5, 0.6) is 0 Å². The zero-order chi connectivity index (χ0) is 15.9. The highest BCUT2D eigenvalue weighted by Gasteiger charge is 2.10. The second-order valence-corrected chi connectivity index (χ2v) is 4.31. The van der Waals surface area contributed by atoms with E-state index in [1.807, 2.05) is 6.07 Å². The van der Waals surface area contributed by atoms with Crippen LogP contribution in [0.2, 0.25) is 0 Å². The van der Waals surface area contributed by atoms with Crippen LogP contribution in [0.4, 0.5) is 4.39 Å². The molecule has 7 heteroatoms. The molecular formula is C15H11FN4O2. The summed E-state index contributed by atoms with van der Waals surface area (Å²) in [4.78, 5) is 27.0. The summed E-state index contributed by atoms with van der Waals surface area (Å²) in [5.41, 5.74) is 5.56. The molecule has 2 rings (SSSR count). The molecule has 2 amide bonds. The minimum Gasteiger partial charge on any atom is -0.267 e. The van der Waals surface area contributed by atoms with E-state index in [1.165, 1.54) is 6.07 Å². The zero-order valence-electron chi connectivity index (χ0n) is 11.3. The number of amides is 2. The van der Waals surface area contributed by atoms with E-state index in [1.54, 1.807) is 24.3 Å².